The molecule has 0 amide bonds. The Morgan fingerprint density at radius 2 is 2.40 bits per heavy atom. The van der Waals surface area contributed by atoms with E-state index in [9.17, 15) is 4.79 Å². The third kappa shape index (κ3) is 2.45. The van der Waals surface area contributed by atoms with Crippen molar-refractivity contribution in [1.29, 1.82) is 5.26 Å². The van der Waals surface area contributed by atoms with E-state index in [1.165, 1.54) is 6.07 Å². The fourth-order valence-electron chi connectivity index (χ4n) is 1.12. The Hall–Kier alpha value is -2.06. The van der Waals surface area contributed by atoms with E-state index in [-0.39, 0.29) is 12.2 Å². The van der Waals surface area contributed by atoms with Gasteiger partial charge in [0.05, 0.1) is 29.5 Å². The molecular weight excluding hydrogens is 194 g/mol. The molecule has 0 saturated carbocycles. The monoisotopic (exact) mass is 205 g/mol. The Kier molecular flexibility index (Phi) is 3.66. The highest BCUT2D eigenvalue weighted by atomic mass is 16.5. The highest BCUT2D eigenvalue weighted by Gasteiger charge is 2.12. The quantitative estimate of drug-likeness (QED) is 0.437. The minimum Gasteiger partial charge on any atom is -0.462 e. The minimum absolute atomic E-state index is 0.262. The molecule has 0 fully saturated rings. The second-order valence-corrected chi connectivity index (χ2v) is 2.74. The number of nitriles is 1. The van der Waals surface area contributed by atoms with Gasteiger partial charge >= 0.3 is 5.97 Å². The number of hydrogen-bond donors (Lipinski definition) is 2. The molecule has 0 spiro atoms. The summed E-state index contributed by atoms with van der Waals surface area (Å²) in [6.07, 6.45) is 0. The highest BCUT2D eigenvalue weighted by Crippen LogP contribution is 2.17. The van der Waals surface area contributed by atoms with Crippen LogP contribution in [-0.4, -0.2) is 12.6 Å². The van der Waals surface area contributed by atoms with E-state index in [1.54, 1.807) is 19.1 Å². The van der Waals surface area contributed by atoms with Crippen LogP contribution in [0.1, 0.15) is 22.8 Å². The van der Waals surface area contributed by atoms with Gasteiger partial charge in [-0.15, -0.1) is 0 Å². The van der Waals surface area contributed by atoms with Crippen LogP contribution in [0, 0.1) is 11.3 Å². The van der Waals surface area contributed by atoms with E-state index in [0.717, 1.165) is 0 Å². The standard InChI is InChI=1S/C10H11N3O2/c1-2-15-10(14)8-5-7(6-11)3-4-9(8)13-12/h3-5,13H,2,12H2,1H3. The molecular formula is C10H11N3O2. The van der Waals surface area contributed by atoms with Crippen molar-refractivity contribution in [2.75, 3.05) is 12.0 Å². The topological polar surface area (TPSA) is 88.1 Å². The number of nitrogens with one attached hydrogen (secondary N) is 1. The van der Waals surface area contributed by atoms with Crippen molar-refractivity contribution >= 4 is 11.7 Å². The zero-order chi connectivity index (χ0) is 11.3. The summed E-state index contributed by atoms with van der Waals surface area (Å²) in [6, 6.07) is 6.50. The Morgan fingerprint density at radius 3 is 2.93 bits per heavy atom. The van der Waals surface area contributed by atoms with Crippen molar-refractivity contribution in [3.05, 3.63) is 29.3 Å². The maximum atomic E-state index is 11.5. The van der Waals surface area contributed by atoms with Gasteiger partial charge in [0.25, 0.3) is 0 Å². The Bertz CT molecular complexity index is 410. The second kappa shape index (κ2) is 4.98. The molecule has 0 aliphatic carbocycles. The van der Waals surface area contributed by atoms with E-state index in [1.807, 2.05) is 6.07 Å². The lowest BCUT2D eigenvalue weighted by Crippen LogP contribution is -2.14. The molecule has 0 atom stereocenters. The van der Waals surface area contributed by atoms with E-state index in [2.05, 4.69) is 5.43 Å². The number of carbonyl (C=O) groups is 1. The van der Waals surface area contributed by atoms with Crippen LogP contribution in [0.2, 0.25) is 0 Å². The smallest absolute Gasteiger partial charge is 0.340 e. The van der Waals surface area contributed by atoms with Gasteiger partial charge in [-0.3, -0.25) is 5.84 Å². The first-order chi connectivity index (χ1) is 7.22. The first kappa shape index (κ1) is 11.0. The van der Waals surface area contributed by atoms with Gasteiger partial charge in [0.15, 0.2) is 0 Å². The van der Waals surface area contributed by atoms with E-state index in [4.69, 9.17) is 15.8 Å². The van der Waals surface area contributed by atoms with Crippen LogP contribution >= 0.6 is 0 Å². The largest absolute Gasteiger partial charge is 0.462 e. The lowest BCUT2D eigenvalue weighted by atomic mass is 10.1. The van der Waals surface area contributed by atoms with Gasteiger partial charge in [-0.1, -0.05) is 0 Å². The van der Waals surface area contributed by atoms with Crippen LogP contribution < -0.4 is 11.3 Å². The molecule has 0 aliphatic rings. The summed E-state index contributed by atoms with van der Waals surface area (Å²) >= 11 is 0. The Labute approximate surface area is 87.4 Å². The summed E-state index contributed by atoms with van der Waals surface area (Å²) in [5, 5.41) is 8.68. The van der Waals surface area contributed by atoms with Gasteiger partial charge in [0.2, 0.25) is 0 Å². The summed E-state index contributed by atoms with van der Waals surface area (Å²) in [6.45, 7) is 1.99. The third-order valence-corrected chi connectivity index (χ3v) is 1.80. The summed E-state index contributed by atoms with van der Waals surface area (Å²) in [4.78, 5) is 11.5. The Morgan fingerprint density at radius 1 is 1.67 bits per heavy atom. The SMILES string of the molecule is CCOC(=O)c1cc(C#N)ccc1NN. The molecule has 1 aromatic rings. The van der Waals surface area contributed by atoms with Crippen molar-refractivity contribution < 1.29 is 9.53 Å². The predicted octanol–water partition coefficient (Wildman–Crippen LogP) is 1.02. The Balaban J connectivity index is 3.12. The van der Waals surface area contributed by atoms with Gasteiger partial charge in [0.1, 0.15) is 0 Å². The highest BCUT2D eigenvalue weighted by molar-refractivity contribution is 5.96. The summed E-state index contributed by atoms with van der Waals surface area (Å²) in [5.74, 6) is 4.74. The summed E-state index contributed by atoms with van der Waals surface area (Å²) < 4.78 is 4.83. The van der Waals surface area contributed by atoms with Crippen molar-refractivity contribution in [1.82, 2.24) is 0 Å². The lowest BCUT2D eigenvalue weighted by Gasteiger charge is -2.07. The van der Waals surface area contributed by atoms with Crippen LogP contribution in [0.3, 0.4) is 0 Å². The molecule has 1 rings (SSSR count). The van der Waals surface area contributed by atoms with Gasteiger partial charge in [-0.25, -0.2) is 4.79 Å². The van der Waals surface area contributed by atoms with Crippen molar-refractivity contribution in [2.45, 2.75) is 6.92 Å². The maximum Gasteiger partial charge on any atom is 0.340 e. The van der Waals surface area contributed by atoms with Crippen LogP contribution in [-0.2, 0) is 4.74 Å². The molecule has 5 nitrogen and oxygen atoms in total. The number of rotatable bonds is 3. The third-order valence-electron chi connectivity index (χ3n) is 1.80. The average Bonchev–Trinajstić information content (AvgIpc) is 2.28. The fraction of sp³-hybridized carbons (Fsp3) is 0.200. The number of ether oxygens (including phenoxy) is 1. The molecule has 0 radical (unpaired) electrons. The van der Waals surface area contributed by atoms with Gasteiger partial charge in [-0.05, 0) is 25.1 Å². The molecule has 0 saturated heterocycles. The van der Waals surface area contributed by atoms with Crippen molar-refractivity contribution in [2.24, 2.45) is 5.84 Å². The number of nitrogens with two attached hydrogens (primary N) is 1. The summed E-state index contributed by atoms with van der Waals surface area (Å²) in [7, 11) is 0. The molecule has 5 heteroatoms. The molecule has 0 heterocycles. The zero-order valence-corrected chi connectivity index (χ0v) is 8.28. The van der Waals surface area contributed by atoms with Crippen LogP contribution in [0.15, 0.2) is 18.2 Å². The fourth-order valence-corrected chi connectivity index (χ4v) is 1.12. The number of anilines is 1. The maximum absolute atomic E-state index is 11.5. The zero-order valence-electron chi connectivity index (χ0n) is 8.28. The number of nitrogens with zero attached hydrogens (tertiary/aromatic N) is 1. The van der Waals surface area contributed by atoms with Crippen LogP contribution in [0.25, 0.3) is 0 Å². The second-order valence-electron chi connectivity index (χ2n) is 2.74. The average molecular weight is 205 g/mol. The van der Waals surface area contributed by atoms with Crippen LogP contribution in [0.5, 0.6) is 0 Å². The number of carbonyl (C=O) groups excluding carboxylic acids is 1. The van der Waals surface area contributed by atoms with Gasteiger partial charge in [-0.2, -0.15) is 5.26 Å². The summed E-state index contributed by atoms with van der Waals surface area (Å²) in [5.41, 5.74) is 3.46. The van der Waals surface area contributed by atoms with E-state index in [0.29, 0.717) is 11.3 Å². The number of nitrogen functional groups attached to an aromatic ring is 1. The molecule has 3 N–H and O–H groups in total. The number of esters is 1. The van der Waals surface area contributed by atoms with Gasteiger partial charge in [0, 0.05) is 0 Å². The normalized spacial score (nSPS) is 9.13. The van der Waals surface area contributed by atoms with E-state index >= 15 is 0 Å². The first-order valence-corrected chi connectivity index (χ1v) is 4.40. The van der Waals surface area contributed by atoms with Crippen molar-refractivity contribution in [3.63, 3.8) is 0 Å². The molecule has 0 aromatic heterocycles. The number of benzene rings is 1. The molecule has 0 unspecified atom stereocenters. The molecule has 1 aromatic carbocycles. The number of hydrazine groups is 1. The molecule has 0 bridgehead atoms. The first-order valence-electron chi connectivity index (χ1n) is 4.40. The molecule has 15 heavy (non-hydrogen) atoms. The van der Waals surface area contributed by atoms with Gasteiger partial charge < -0.3 is 10.2 Å². The lowest BCUT2D eigenvalue weighted by molar-refractivity contribution is 0.0527. The molecule has 78 valence electrons. The van der Waals surface area contributed by atoms with Crippen LogP contribution in [0.4, 0.5) is 5.69 Å². The van der Waals surface area contributed by atoms with Crippen molar-refractivity contribution in [3.8, 4) is 6.07 Å². The number of hydrogen-bond acceptors (Lipinski definition) is 5. The minimum atomic E-state index is -0.498. The predicted molar refractivity (Wildman–Crippen MR) is 54.9 cm³/mol. The molecule has 0 aliphatic heterocycles. The van der Waals surface area contributed by atoms with E-state index < -0.39 is 5.97 Å².